The van der Waals surface area contributed by atoms with Crippen LogP contribution in [0.2, 0.25) is 0 Å². The maximum absolute atomic E-state index is 13.3. The molecule has 0 aliphatic carbocycles. The van der Waals surface area contributed by atoms with Crippen LogP contribution in [0.4, 0.5) is 5.69 Å². The molecule has 0 aliphatic heterocycles. The van der Waals surface area contributed by atoms with Crippen LogP contribution in [0.1, 0.15) is 27.3 Å². The fraction of sp³-hybridized carbons (Fsp3) is 0.111. The van der Waals surface area contributed by atoms with Gasteiger partial charge in [0.25, 0.3) is 5.69 Å². The molecule has 3 aromatic carbocycles. The van der Waals surface area contributed by atoms with Gasteiger partial charge in [0, 0.05) is 23.1 Å². The summed E-state index contributed by atoms with van der Waals surface area (Å²) in [4.78, 5) is 28.3. The van der Waals surface area contributed by atoms with E-state index in [0.29, 0.717) is 23.5 Å². The molecule has 9 heteroatoms. The summed E-state index contributed by atoms with van der Waals surface area (Å²) in [7, 11) is 0. The van der Waals surface area contributed by atoms with Crippen LogP contribution in [0, 0.1) is 17.0 Å². The molecular weight excluding hydrogens is 458 g/mol. The van der Waals surface area contributed by atoms with E-state index >= 15 is 0 Å². The van der Waals surface area contributed by atoms with Gasteiger partial charge in [-0.15, -0.1) is 5.10 Å². The number of carbonyl (C=O) groups is 1. The average molecular weight is 479 g/mol. The molecule has 2 aromatic heterocycles. The zero-order chi connectivity index (χ0) is 25.1. The highest BCUT2D eigenvalue weighted by Crippen LogP contribution is 2.33. The van der Waals surface area contributed by atoms with Crippen LogP contribution >= 0.6 is 0 Å². The number of nitro benzene ring substituents is 1. The first-order valence-corrected chi connectivity index (χ1v) is 11.2. The highest BCUT2D eigenvalue weighted by Gasteiger charge is 2.22. The lowest BCUT2D eigenvalue weighted by atomic mass is 9.94. The lowest BCUT2D eigenvalue weighted by molar-refractivity contribution is -0.384. The quantitative estimate of drug-likeness (QED) is 0.181. The Morgan fingerprint density at radius 2 is 1.72 bits per heavy atom. The molecule has 0 amide bonds. The van der Waals surface area contributed by atoms with E-state index in [0.717, 1.165) is 27.6 Å². The largest absolute Gasteiger partial charge is 0.455 e. The minimum absolute atomic E-state index is 0.0262. The topological polar surface area (TPSA) is 113 Å². The summed E-state index contributed by atoms with van der Waals surface area (Å²) in [5, 5.41) is 19.9. The number of ether oxygens (including phenoxy) is 1. The van der Waals surface area contributed by atoms with Gasteiger partial charge in [-0.2, -0.15) is 0 Å². The summed E-state index contributed by atoms with van der Waals surface area (Å²) in [6, 6.07) is 23.6. The first kappa shape index (κ1) is 22.9. The summed E-state index contributed by atoms with van der Waals surface area (Å²) in [6.07, 6.45) is 1.68. The number of nitro groups is 1. The second-order valence-electron chi connectivity index (χ2n) is 8.24. The molecular formula is C27H21N5O4. The van der Waals surface area contributed by atoms with Crippen molar-refractivity contribution < 1.29 is 14.5 Å². The van der Waals surface area contributed by atoms with Crippen LogP contribution in [-0.2, 0) is 17.9 Å². The standard InChI is InChI=1S/C27H21N5O4/c1-18-25(26(20-7-3-2-4-8-20)23-9-5-6-10-24(23)28-18)27(33)36-17-21-16-31(30-29-21)15-19-11-13-22(14-12-19)32(34)35/h2-14,16H,15,17H2,1H3. The number of aryl methyl sites for hydroxylation is 1. The van der Waals surface area contributed by atoms with Crippen molar-refractivity contribution in [2.24, 2.45) is 0 Å². The number of hydrogen-bond acceptors (Lipinski definition) is 7. The fourth-order valence-corrected chi connectivity index (χ4v) is 4.09. The van der Waals surface area contributed by atoms with Gasteiger partial charge in [0.15, 0.2) is 0 Å². The summed E-state index contributed by atoms with van der Waals surface area (Å²) in [6.45, 7) is 2.13. The number of fused-ring (bicyclic) bond motifs is 1. The van der Waals surface area contributed by atoms with Crippen molar-refractivity contribution in [3.63, 3.8) is 0 Å². The Morgan fingerprint density at radius 1 is 1.00 bits per heavy atom. The Kier molecular flexibility index (Phi) is 6.19. The minimum Gasteiger partial charge on any atom is -0.455 e. The maximum Gasteiger partial charge on any atom is 0.341 e. The average Bonchev–Trinajstić information content (AvgIpc) is 3.34. The van der Waals surface area contributed by atoms with Gasteiger partial charge in [0.2, 0.25) is 0 Å². The predicted molar refractivity (Wildman–Crippen MR) is 133 cm³/mol. The van der Waals surface area contributed by atoms with E-state index in [1.165, 1.54) is 12.1 Å². The molecule has 0 unspecified atom stereocenters. The molecule has 0 saturated carbocycles. The number of pyridine rings is 1. The second kappa shape index (κ2) is 9.75. The molecule has 0 saturated heterocycles. The summed E-state index contributed by atoms with van der Waals surface area (Å²) in [5.41, 5.74) is 4.83. The Hall–Kier alpha value is -4.92. The lowest BCUT2D eigenvalue weighted by Gasteiger charge is -2.15. The number of hydrogen-bond donors (Lipinski definition) is 0. The third-order valence-corrected chi connectivity index (χ3v) is 5.77. The molecule has 36 heavy (non-hydrogen) atoms. The van der Waals surface area contributed by atoms with Crippen molar-refractivity contribution >= 4 is 22.6 Å². The van der Waals surface area contributed by atoms with Crippen LogP contribution in [-0.4, -0.2) is 30.9 Å². The van der Waals surface area contributed by atoms with Gasteiger partial charge in [0.05, 0.1) is 34.4 Å². The van der Waals surface area contributed by atoms with Crippen molar-refractivity contribution in [3.05, 3.63) is 118 Å². The van der Waals surface area contributed by atoms with E-state index in [1.54, 1.807) is 29.9 Å². The molecule has 5 aromatic rings. The van der Waals surface area contributed by atoms with Crippen molar-refractivity contribution in [2.45, 2.75) is 20.1 Å². The number of nitrogens with zero attached hydrogens (tertiary/aromatic N) is 5. The second-order valence-corrected chi connectivity index (χ2v) is 8.24. The smallest absolute Gasteiger partial charge is 0.341 e. The molecule has 0 bridgehead atoms. The Labute approximate surface area is 206 Å². The van der Waals surface area contributed by atoms with Gasteiger partial charge >= 0.3 is 5.97 Å². The van der Waals surface area contributed by atoms with Crippen LogP contribution < -0.4 is 0 Å². The Bertz CT molecular complexity index is 1560. The van der Waals surface area contributed by atoms with E-state index in [4.69, 9.17) is 4.74 Å². The number of carbonyl (C=O) groups excluding carboxylic acids is 1. The van der Waals surface area contributed by atoms with E-state index in [-0.39, 0.29) is 12.3 Å². The maximum atomic E-state index is 13.3. The number of rotatable bonds is 7. The van der Waals surface area contributed by atoms with Gasteiger partial charge < -0.3 is 4.74 Å². The monoisotopic (exact) mass is 479 g/mol. The first-order valence-electron chi connectivity index (χ1n) is 11.2. The summed E-state index contributed by atoms with van der Waals surface area (Å²) in [5.74, 6) is -0.491. The van der Waals surface area contributed by atoms with E-state index < -0.39 is 10.9 Å². The van der Waals surface area contributed by atoms with Gasteiger partial charge in [-0.1, -0.05) is 65.9 Å². The molecule has 178 valence electrons. The van der Waals surface area contributed by atoms with Crippen molar-refractivity contribution in [1.29, 1.82) is 0 Å². The van der Waals surface area contributed by atoms with E-state index in [1.807, 2.05) is 54.6 Å². The molecule has 9 nitrogen and oxygen atoms in total. The fourth-order valence-electron chi connectivity index (χ4n) is 4.09. The van der Waals surface area contributed by atoms with Crippen molar-refractivity contribution in [1.82, 2.24) is 20.0 Å². The van der Waals surface area contributed by atoms with Crippen LogP contribution in [0.25, 0.3) is 22.0 Å². The number of benzene rings is 3. The summed E-state index contributed by atoms with van der Waals surface area (Å²) < 4.78 is 7.23. The molecule has 0 aliphatic rings. The zero-order valence-electron chi connectivity index (χ0n) is 19.4. The number of aromatic nitrogens is 4. The Balaban J connectivity index is 1.36. The summed E-state index contributed by atoms with van der Waals surface area (Å²) >= 11 is 0. The zero-order valence-corrected chi connectivity index (χ0v) is 19.4. The SMILES string of the molecule is Cc1nc2ccccc2c(-c2ccccc2)c1C(=O)OCc1cn(Cc2ccc([N+](=O)[O-])cc2)nn1. The van der Waals surface area contributed by atoms with E-state index in [9.17, 15) is 14.9 Å². The molecule has 0 N–H and O–H groups in total. The Morgan fingerprint density at radius 3 is 2.47 bits per heavy atom. The highest BCUT2D eigenvalue weighted by molar-refractivity contribution is 6.07. The predicted octanol–water partition coefficient (Wildman–Crippen LogP) is 5.12. The molecule has 0 radical (unpaired) electrons. The van der Waals surface area contributed by atoms with E-state index in [2.05, 4.69) is 15.3 Å². The van der Waals surface area contributed by atoms with Gasteiger partial charge in [-0.25, -0.2) is 9.48 Å². The minimum atomic E-state index is -0.491. The lowest BCUT2D eigenvalue weighted by Crippen LogP contribution is -2.11. The van der Waals surface area contributed by atoms with Crippen LogP contribution in [0.5, 0.6) is 0 Å². The van der Waals surface area contributed by atoms with Gasteiger partial charge in [-0.05, 0) is 24.1 Å². The number of para-hydroxylation sites is 1. The third kappa shape index (κ3) is 4.67. The molecule has 5 rings (SSSR count). The number of non-ortho nitro benzene ring substituents is 1. The van der Waals surface area contributed by atoms with Gasteiger partial charge in [-0.3, -0.25) is 15.1 Å². The molecule has 2 heterocycles. The highest BCUT2D eigenvalue weighted by atomic mass is 16.6. The van der Waals surface area contributed by atoms with Crippen LogP contribution in [0.3, 0.4) is 0 Å². The molecule has 0 atom stereocenters. The number of esters is 1. The van der Waals surface area contributed by atoms with Gasteiger partial charge in [0.1, 0.15) is 12.3 Å². The first-order chi connectivity index (χ1) is 17.5. The molecule has 0 spiro atoms. The van der Waals surface area contributed by atoms with Crippen molar-refractivity contribution in [2.75, 3.05) is 0 Å². The van der Waals surface area contributed by atoms with Crippen molar-refractivity contribution in [3.8, 4) is 11.1 Å². The van der Waals surface area contributed by atoms with Crippen LogP contribution in [0.15, 0.2) is 85.1 Å². The third-order valence-electron chi connectivity index (χ3n) is 5.77. The molecule has 0 fully saturated rings. The normalized spacial score (nSPS) is 10.9.